The molecule has 1 heterocycles. The van der Waals surface area contributed by atoms with Gasteiger partial charge in [0.1, 0.15) is 5.75 Å². The van der Waals surface area contributed by atoms with Gasteiger partial charge in [0.2, 0.25) is 0 Å². The Hall–Kier alpha value is -2.82. The Labute approximate surface area is 154 Å². The van der Waals surface area contributed by atoms with E-state index < -0.39 is 0 Å². The Bertz CT molecular complexity index is 744. The van der Waals surface area contributed by atoms with Crippen molar-refractivity contribution in [1.82, 2.24) is 4.90 Å². The molecule has 26 heavy (non-hydrogen) atoms. The highest BCUT2D eigenvalue weighted by Crippen LogP contribution is 2.16. The number of rotatable bonds is 5. The second-order valence-electron chi connectivity index (χ2n) is 6.43. The second kappa shape index (κ2) is 8.52. The molecule has 3 rings (SSSR count). The first-order chi connectivity index (χ1) is 12.6. The number of carbonyl (C=O) groups is 2. The number of para-hydroxylation sites is 1. The second-order valence-corrected chi connectivity index (χ2v) is 6.43. The van der Waals surface area contributed by atoms with Gasteiger partial charge in [-0.3, -0.25) is 9.59 Å². The molecule has 1 fully saturated rings. The van der Waals surface area contributed by atoms with Gasteiger partial charge in [0, 0.05) is 37.4 Å². The van der Waals surface area contributed by atoms with E-state index in [0.717, 1.165) is 26.1 Å². The molecule has 0 aromatic heterocycles. The molecule has 0 saturated carbocycles. The molecule has 136 valence electrons. The number of nitrogens with zero attached hydrogens (tertiary/aromatic N) is 2. The number of benzene rings is 2. The lowest BCUT2D eigenvalue weighted by molar-refractivity contribution is -0.133. The molecule has 0 unspecified atom stereocenters. The molecule has 0 atom stereocenters. The van der Waals surface area contributed by atoms with E-state index in [1.165, 1.54) is 12.6 Å². The minimum atomic E-state index is -0.00411. The summed E-state index contributed by atoms with van der Waals surface area (Å²) in [5.74, 6) is 0.611. The number of carbonyl (C=O) groups excluding carboxylic acids is 2. The van der Waals surface area contributed by atoms with Crippen molar-refractivity contribution in [3.05, 3.63) is 60.2 Å². The first kappa shape index (κ1) is 18.0. The highest BCUT2D eigenvalue weighted by atomic mass is 16.5. The summed E-state index contributed by atoms with van der Waals surface area (Å²) in [6, 6.07) is 17.2. The van der Waals surface area contributed by atoms with Crippen LogP contribution in [-0.2, 0) is 4.79 Å². The summed E-state index contributed by atoms with van der Waals surface area (Å²) in [5.41, 5.74) is 1.83. The highest BCUT2D eigenvalue weighted by molar-refractivity contribution is 5.94. The van der Waals surface area contributed by atoms with Crippen LogP contribution in [-0.4, -0.2) is 49.4 Å². The van der Waals surface area contributed by atoms with E-state index in [9.17, 15) is 9.59 Å². The van der Waals surface area contributed by atoms with Gasteiger partial charge in [-0.1, -0.05) is 18.2 Å². The summed E-state index contributed by atoms with van der Waals surface area (Å²) in [6.07, 6.45) is 0.938. The number of hydrogen-bond donors (Lipinski definition) is 0. The maximum Gasteiger partial charge on any atom is 0.260 e. The fourth-order valence-electron chi connectivity index (χ4n) is 3.09. The van der Waals surface area contributed by atoms with Crippen molar-refractivity contribution in [1.29, 1.82) is 0 Å². The normalized spacial score (nSPS) is 14.7. The van der Waals surface area contributed by atoms with E-state index in [0.29, 0.717) is 17.9 Å². The van der Waals surface area contributed by atoms with E-state index in [2.05, 4.69) is 17.0 Å². The molecule has 0 aliphatic carbocycles. The predicted molar refractivity (Wildman–Crippen MR) is 102 cm³/mol. The number of Topliss-reactive ketones (excluding diaryl/α,β-unsaturated/α-hetero) is 1. The molecule has 5 heteroatoms. The summed E-state index contributed by atoms with van der Waals surface area (Å²) in [6.45, 7) is 4.75. The zero-order chi connectivity index (χ0) is 18.4. The average Bonchev–Trinajstić information content (AvgIpc) is 2.93. The summed E-state index contributed by atoms with van der Waals surface area (Å²) in [4.78, 5) is 27.9. The van der Waals surface area contributed by atoms with Gasteiger partial charge in [0.15, 0.2) is 12.4 Å². The SMILES string of the molecule is CC(=O)c1ccc(OCC(=O)N2CCCN(c3ccccc3)CC2)cc1. The van der Waals surface area contributed by atoms with Crippen molar-refractivity contribution >= 4 is 17.4 Å². The molecule has 5 nitrogen and oxygen atoms in total. The summed E-state index contributed by atoms with van der Waals surface area (Å²) in [7, 11) is 0. The number of amides is 1. The van der Waals surface area contributed by atoms with E-state index in [1.807, 2.05) is 23.1 Å². The topological polar surface area (TPSA) is 49.9 Å². The Morgan fingerprint density at radius 1 is 0.923 bits per heavy atom. The molecular formula is C21H24N2O3. The van der Waals surface area contributed by atoms with Crippen LogP contribution in [0.3, 0.4) is 0 Å². The van der Waals surface area contributed by atoms with Crippen LogP contribution in [0.5, 0.6) is 5.75 Å². The monoisotopic (exact) mass is 352 g/mol. The van der Waals surface area contributed by atoms with Gasteiger partial charge < -0.3 is 14.5 Å². The van der Waals surface area contributed by atoms with Gasteiger partial charge in [-0.05, 0) is 49.7 Å². The zero-order valence-corrected chi connectivity index (χ0v) is 15.1. The third-order valence-electron chi connectivity index (χ3n) is 4.59. The standard InChI is InChI=1S/C21H24N2O3/c1-17(24)18-8-10-20(11-9-18)26-16-21(25)23-13-5-12-22(14-15-23)19-6-3-2-4-7-19/h2-4,6-11H,5,12-16H2,1H3. The van der Waals surface area contributed by atoms with Crippen molar-refractivity contribution < 1.29 is 14.3 Å². The number of ketones is 1. The van der Waals surface area contributed by atoms with Crippen molar-refractivity contribution in [2.75, 3.05) is 37.7 Å². The van der Waals surface area contributed by atoms with E-state index in [1.54, 1.807) is 24.3 Å². The Morgan fingerprint density at radius 3 is 2.35 bits per heavy atom. The van der Waals surface area contributed by atoms with Gasteiger partial charge in [0.25, 0.3) is 5.91 Å². The number of anilines is 1. The highest BCUT2D eigenvalue weighted by Gasteiger charge is 2.19. The van der Waals surface area contributed by atoms with Crippen molar-refractivity contribution in [3.8, 4) is 5.75 Å². The van der Waals surface area contributed by atoms with Crippen molar-refractivity contribution in [3.63, 3.8) is 0 Å². The third kappa shape index (κ3) is 4.63. The van der Waals surface area contributed by atoms with E-state index in [-0.39, 0.29) is 18.3 Å². The molecule has 1 aliphatic heterocycles. The smallest absolute Gasteiger partial charge is 0.260 e. The Morgan fingerprint density at radius 2 is 1.65 bits per heavy atom. The van der Waals surface area contributed by atoms with Crippen molar-refractivity contribution in [2.45, 2.75) is 13.3 Å². The van der Waals surface area contributed by atoms with Crippen LogP contribution in [0.1, 0.15) is 23.7 Å². The molecule has 1 amide bonds. The van der Waals surface area contributed by atoms with Gasteiger partial charge in [-0.25, -0.2) is 0 Å². The quantitative estimate of drug-likeness (QED) is 0.776. The number of hydrogen-bond acceptors (Lipinski definition) is 4. The summed E-state index contributed by atoms with van der Waals surface area (Å²) >= 11 is 0. The van der Waals surface area contributed by atoms with Crippen molar-refractivity contribution in [2.24, 2.45) is 0 Å². The van der Waals surface area contributed by atoms with Gasteiger partial charge in [0.05, 0.1) is 0 Å². The first-order valence-corrected chi connectivity index (χ1v) is 8.95. The molecular weight excluding hydrogens is 328 g/mol. The van der Waals surface area contributed by atoms with Crippen LogP contribution in [0.25, 0.3) is 0 Å². The van der Waals surface area contributed by atoms with Gasteiger partial charge in [-0.2, -0.15) is 0 Å². The Balaban J connectivity index is 1.51. The summed E-state index contributed by atoms with van der Waals surface area (Å²) < 4.78 is 5.59. The zero-order valence-electron chi connectivity index (χ0n) is 15.1. The van der Waals surface area contributed by atoms with Crippen LogP contribution in [0.2, 0.25) is 0 Å². The van der Waals surface area contributed by atoms with Gasteiger partial charge in [-0.15, -0.1) is 0 Å². The Kier molecular flexibility index (Phi) is 5.89. The largest absolute Gasteiger partial charge is 0.484 e. The molecule has 0 spiro atoms. The lowest BCUT2D eigenvalue weighted by atomic mass is 10.1. The molecule has 0 radical (unpaired) electrons. The molecule has 1 aliphatic rings. The molecule has 0 bridgehead atoms. The lowest BCUT2D eigenvalue weighted by Crippen LogP contribution is -2.38. The van der Waals surface area contributed by atoms with Crippen LogP contribution >= 0.6 is 0 Å². The lowest BCUT2D eigenvalue weighted by Gasteiger charge is -2.23. The molecule has 1 saturated heterocycles. The summed E-state index contributed by atoms with van der Waals surface area (Å²) in [5, 5.41) is 0. The van der Waals surface area contributed by atoms with Crippen LogP contribution in [0, 0.1) is 0 Å². The number of ether oxygens (including phenoxy) is 1. The molecule has 2 aromatic rings. The minimum Gasteiger partial charge on any atom is -0.484 e. The molecule has 0 N–H and O–H groups in total. The van der Waals surface area contributed by atoms with Gasteiger partial charge >= 0.3 is 0 Å². The maximum absolute atomic E-state index is 12.5. The third-order valence-corrected chi connectivity index (χ3v) is 4.59. The fourth-order valence-corrected chi connectivity index (χ4v) is 3.09. The predicted octanol–water partition coefficient (Wildman–Crippen LogP) is 3.01. The molecule has 2 aromatic carbocycles. The maximum atomic E-state index is 12.5. The minimum absolute atomic E-state index is 0.00411. The van der Waals surface area contributed by atoms with Crippen LogP contribution in [0.4, 0.5) is 5.69 Å². The van der Waals surface area contributed by atoms with E-state index >= 15 is 0 Å². The first-order valence-electron chi connectivity index (χ1n) is 8.95. The van der Waals surface area contributed by atoms with E-state index in [4.69, 9.17) is 4.74 Å². The average molecular weight is 352 g/mol. The van der Waals surface area contributed by atoms with Crippen LogP contribution < -0.4 is 9.64 Å². The van der Waals surface area contributed by atoms with Crippen LogP contribution in [0.15, 0.2) is 54.6 Å². The fraction of sp³-hybridized carbons (Fsp3) is 0.333.